The number of para-hydroxylation sites is 1. The van der Waals surface area contributed by atoms with E-state index in [9.17, 15) is 8.42 Å². The van der Waals surface area contributed by atoms with E-state index in [0.717, 1.165) is 34.8 Å². The van der Waals surface area contributed by atoms with Gasteiger partial charge in [0.2, 0.25) is 0 Å². The maximum atomic E-state index is 9.53. The monoisotopic (exact) mass is 415 g/mol. The van der Waals surface area contributed by atoms with Crippen LogP contribution in [-0.4, -0.2) is 19.9 Å². The molecule has 29 heavy (non-hydrogen) atoms. The van der Waals surface area contributed by atoms with Crippen LogP contribution in [0.4, 0.5) is 22.9 Å². The van der Waals surface area contributed by atoms with Crippen molar-refractivity contribution in [1.29, 1.82) is 0 Å². The van der Waals surface area contributed by atoms with E-state index in [1.165, 1.54) is 0 Å². The lowest BCUT2D eigenvalue weighted by Gasteiger charge is -2.05. The second-order valence-corrected chi connectivity index (χ2v) is 7.66. The quantitative estimate of drug-likeness (QED) is 0.278. The Kier molecular flexibility index (Phi) is 7.96. The van der Waals surface area contributed by atoms with Gasteiger partial charge in [0.1, 0.15) is 11.4 Å². The van der Waals surface area contributed by atoms with Crippen LogP contribution in [0.15, 0.2) is 83.0 Å². The Morgan fingerprint density at radius 3 is 2.07 bits per heavy atom. The predicted molar refractivity (Wildman–Crippen MR) is 111 cm³/mol. The molecule has 0 saturated heterocycles. The molecule has 0 fully saturated rings. The van der Waals surface area contributed by atoms with E-state index < -0.39 is 10.1 Å². The summed E-state index contributed by atoms with van der Waals surface area (Å²) in [5.74, 6) is 0.830. The number of aryl methyl sites for hydroxylation is 1. The highest BCUT2D eigenvalue weighted by Gasteiger charge is 2.07. The summed E-state index contributed by atoms with van der Waals surface area (Å²) in [5, 5.41) is 19.3. The zero-order valence-corrected chi connectivity index (χ0v) is 17.2. The average molecular weight is 415 g/mol. The third kappa shape index (κ3) is 7.78. The molecule has 0 spiro atoms. The first kappa shape index (κ1) is 22.2. The minimum absolute atomic E-state index is 0.743. The van der Waals surface area contributed by atoms with E-state index >= 15 is 0 Å². The summed E-state index contributed by atoms with van der Waals surface area (Å²) < 4.78 is 24.0. The number of aromatic nitrogens is 1. The first-order valence-electron chi connectivity index (χ1n) is 8.61. The second kappa shape index (κ2) is 10.4. The van der Waals surface area contributed by atoms with Gasteiger partial charge in [-0.2, -0.15) is 8.42 Å². The lowest BCUT2D eigenvalue weighted by molar-refractivity contribution is -0.664. The molecule has 0 radical (unpaired) electrons. The van der Waals surface area contributed by atoms with Gasteiger partial charge in [0.25, 0.3) is 10.1 Å². The SMILES string of the molecule is CS(=O)(=O)OO.Cc1cccc(N=Nc2ccc(Nc3ccccc3)cc2)[n+]1C. The standard InChI is InChI=1S/C19H18N4.CH4O4S/c1-15-7-6-10-19(23(15)2)22-21-18-13-11-17(12-14-18)20-16-8-4-3-5-9-16;1-6(3,4)5-2/h3-14H,1-2H3;2H,1H3/p+1. The van der Waals surface area contributed by atoms with E-state index in [-0.39, 0.29) is 0 Å². The van der Waals surface area contributed by atoms with Crippen LogP contribution < -0.4 is 9.88 Å². The summed E-state index contributed by atoms with van der Waals surface area (Å²) in [5.41, 5.74) is 4.05. The summed E-state index contributed by atoms with van der Waals surface area (Å²) in [6.45, 7) is 2.04. The highest BCUT2D eigenvalue weighted by Crippen LogP contribution is 2.21. The number of nitrogens with zero attached hydrogens (tertiary/aromatic N) is 3. The molecule has 0 atom stereocenters. The van der Waals surface area contributed by atoms with Crippen molar-refractivity contribution in [1.82, 2.24) is 0 Å². The van der Waals surface area contributed by atoms with Crippen molar-refractivity contribution in [3.05, 3.63) is 78.5 Å². The minimum Gasteiger partial charge on any atom is -0.356 e. The molecule has 0 aliphatic rings. The van der Waals surface area contributed by atoms with Gasteiger partial charge in [-0.1, -0.05) is 24.3 Å². The van der Waals surface area contributed by atoms with Gasteiger partial charge in [-0.15, -0.1) is 4.33 Å². The molecular weight excluding hydrogens is 392 g/mol. The van der Waals surface area contributed by atoms with Crippen molar-refractivity contribution >= 4 is 33.0 Å². The van der Waals surface area contributed by atoms with Crippen LogP contribution in [0.5, 0.6) is 0 Å². The molecule has 0 unspecified atom stereocenters. The normalized spacial score (nSPS) is 11.0. The highest BCUT2D eigenvalue weighted by molar-refractivity contribution is 7.85. The average Bonchev–Trinajstić information content (AvgIpc) is 2.71. The maximum Gasteiger partial charge on any atom is 0.350 e. The van der Waals surface area contributed by atoms with Crippen LogP contribution in [0.3, 0.4) is 0 Å². The first-order valence-corrected chi connectivity index (χ1v) is 10.4. The third-order valence-corrected chi connectivity index (χ3v) is 4.06. The molecule has 0 bridgehead atoms. The van der Waals surface area contributed by atoms with Gasteiger partial charge in [0, 0.05) is 17.4 Å². The number of nitrogens with one attached hydrogen (secondary N) is 1. The van der Waals surface area contributed by atoms with Crippen LogP contribution in [0.25, 0.3) is 0 Å². The smallest absolute Gasteiger partial charge is 0.350 e. The van der Waals surface area contributed by atoms with Crippen molar-refractivity contribution in [3.8, 4) is 0 Å². The summed E-state index contributed by atoms with van der Waals surface area (Å²) >= 11 is 0. The van der Waals surface area contributed by atoms with Gasteiger partial charge in [0.05, 0.1) is 18.4 Å². The van der Waals surface area contributed by atoms with Gasteiger partial charge >= 0.3 is 5.82 Å². The highest BCUT2D eigenvalue weighted by atomic mass is 32.2. The molecule has 3 rings (SSSR count). The Bertz CT molecular complexity index is 1050. The Hall–Kier alpha value is -3.14. The number of hydrogen-bond donors (Lipinski definition) is 2. The number of hydrogen-bond acceptors (Lipinski definition) is 7. The van der Waals surface area contributed by atoms with E-state index in [1.54, 1.807) is 0 Å². The lowest BCUT2D eigenvalue weighted by Crippen LogP contribution is -2.31. The molecule has 0 amide bonds. The second-order valence-electron chi connectivity index (χ2n) is 6.10. The third-order valence-electron chi connectivity index (χ3n) is 3.79. The van der Waals surface area contributed by atoms with Gasteiger partial charge in [-0.25, -0.2) is 9.82 Å². The number of pyridine rings is 1. The Balaban J connectivity index is 0.000000438. The first-order chi connectivity index (χ1) is 13.8. The molecule has 1 aromatic heterocycles. The molecule has 3 aromatic rings. The van der Waals surface area contributed by atoms with Crippen molar-refractivity contribution in [2.75, 3.05) is 11.6 Å². The summed E-state index contributed by atoms with van der Waals surface area (Å²) in [6, 6.07) is 23.9. The van der Waals surface area contributed by atoms with Gasteiger partial charge in [0.15, 0.2) is 0 Å². The van der Waals surface area contributed by atoms with Crippen molar-refractivity contribution in [2.24, 2.45) is 17.3 Å². The fraction of sp³-hybridized carbons (Fsp3) is 0.150. The summed E-state index contributed by atoms with van der Waals surface area (Å²) in [4.78, 5) is 0. The summed E-state index contributed by atoms with van der Waals surface area (Å²) in [6.07, 6.45) is 0.743. The molecular formula is C20H23N4O4S+. The number of azo groups is 1. The molecule has 8 nitrogen and oxygen atoms in total. The van der Waals surface area contributed by atoms with Crippen molar-refractivity contribution in [2.45, 2.75) is 6.92 Å². The van der Waals surface area contributed by atoms with Gasteiger partial charge < -0.3 is 5.32 Å². The van der Waals surface area contributed by atoms with Crippen LogP contribution in [-0.2, 0) is 21.5 Å². The van der Waals surface area contributed by atoms with Gasteiger partial charge in [-0.3, -0.25) is 0 Å². The summed E-state index contributed by atoms with van der Waals surface area (Å²) in [7, 11) is -1.62. The Labute approximate surface area is 170 Å². The van der Waals surface area contributed by atoms with Crippen LogP contribution in [0.1, 0.15) is 5.69 Å². The van der Waals surface area contributed by atoms with E-state index in [0.29, 0.717) is 0 Å². The lowest BCUT2D eigenvalue weighted by atomic mass is 10.2. The molecule has 0 aliphatic heterocycles. The predicted octanol–water partition coefficient (Wildman–Crippen LogP) is 4.41. The fourth-order valence-corrected chi connectivity index (χ4v) is 2.19. The minimum atomic E-state index is -3.61. The molecule has 0 saturated carbocycles. The number of rotatable bonds is 5. The van der Waals surface area contributed by atoms with E-state index in [4.69, 9.17) is 5.26 Å². The molecule has 2 N–H and O–H groups in total. The van der Waals surface area contributed by atoms with Crippen molar-refractivity contribution < 1.29 is 22.6 Å². The topological polar surface area (TPSA) is 104 Å². The van der Waals surface area contributed by atoms with E-state index in [2.05, 4.69) is 19.9 Å². The maximum absolute atomic E-state index is 9.53. The number of benzene rings is 2. The number of anilines is 2. The molecule has 1 heterocycles. The molecule has 2 aromatic carbocycles. The molecule has 0 aliphatic carbocycles. The van der Waals surface area contributed by atoms with Crippen LogP contribution in [0, 0.1) is 6.92 Å². The largest absolute Gasteiger partial charge is 0.356 e. The van der Waals surface area contributed by atoms with Crippen LogP contribution in [0.2, 0.25) is 0 Å². The zero-order valence-electron chi connectivity index (χ0n) is 16.4. The Morgan fingerprint density at radius 2 is 1.48 bits per heavy atom. The molecule has 9 heteroatoms. The van der Waals surface area contributed by atoms with Gasteiger partial charge in [-0.05, 0) is 54.5 Å². The zero-order chi connectivity index (χ0) is 21.3. The van der Waals surface area contributed by atoms with Crippen molar-refractivity contribution in [3.63, 3.8) is 0 Å². The molecule has 152 valence electrons. The Morgan fingerprint density at radius 1 is 0.897 bits per heavy atom. The van der Waals surface area contributed by atoms with E-state index in [1.807, 2.05) is 91.3 Å². The van der Waals surface area contributed by atoms with Crippen LogP contribution >= 0.6 is 0 Å². The fourth-order valence-electron chi connectivity index (χ4n) is 2.19.